The highest BCUT2D eigenvalue weighted by Gasteiger charge is 2.46. The monoisotopic (exact) mass is 555 g/mol. The van der Waals surface area contributed by atoms with Crippen molar-refractivity contribution in [1.29, 1.82) is 5.26 Å². The lowest BCUT2D eigenvalue weighted by Gasteiger charge is -2.40. The number of aromatic nitrogens is 2. The minimum Gasteiger partial charge on any atom is -0.496 e. The second kappa shape index (κ2) is 13.1. The number of imidazole rings is 1. The lowest BCUT2D eigenvalue weighted by molar-refractivity contribution is -0.139. The van der Waals surface area contributed by atoms with Crippen LogP contribution in [0.3, 0.4) is 0 Å². The number of halogens is 2. The largest absolute Gasteiger partial charge is 0.496 e. The summed E-state index contributed by atoms with van der Waals surface area (Å²) < 4.78 is 7.82. The Balaban J connectivity index is 0.00000200. The van der Waals surface area contributed by atoms with Gasteiger partial charge >= 0.3 is 0 Å². The molecule has 0 N–H and O–H groups in total. The average molecular weight is 557 g/mol. The quantitative estimate of drug-likeness (QED) is 0.418. The number of methoxy groups -OCH3 is 1. The summed E-state index contributed by atoms with van der Waals surface area (Å²) in [5, 5.41) is 9.02. The van der Waals surface area contributed by atoms with Crippen molar-refractivity contribution in [3.8, 4) is 11.8 Å². The molecule has 1 amide bonds. The van der Waals surface area contributed by atoms with Crippen molar-refractivity contribution in [1.82, 2.24) is 19.4 Å². The summed E-state index contributed by atoms with van der Waals surface area (Å²) in [6.07, 6.45) is 7.72. The number of hydrogen-bond donors (Lipinski definition) is 0. The Kier molecular flexibility index (Phi) is 10.2. The Labute approximate surface area is 237 Å². The van der Waals surface area contributed by atoms with Crippen LogP contribution in [-0.4, -0.2) is 58.5 Å². The Morgan fingerprint density at radius 3 is 2.34 bits per heavy atom. The second-order valence-electron chi connectivity index (χ2n) is 9.88. The number of benzene rings is 2. The Bertz CT molecular complexity index is 1240. The first kappa shape index (κ1) is 29.5. The van der Waals surface area contributed by atoms with Crippen LogP contribution in [-0.2, 0) is 23.3 Å². The van der Waals surface area contributed by atoms with Gasteiger partial charge in [-0.1, -0.05) is 43.2 Å². The van der Waals surface area contributed by atoms with Crippen molar-refractivity contribution in [3.63, 3.8) is 0 Å². The van der Waals surface area contributed by atoms with Gasteiger partial charge in [-0.3, -0.25) is 9.69 Å². The zero-order valence-corrected chi connectivity index (χ0v) is 23.3. The van der Waals surface area contributed by atoms with Gasteiger partial charge in [0.25, 0.3) is 0 Å². The van der Waals surface area contributed by atoms with Crippen LogP contribution in [0.4, 0.5) is 0 Å². The van der Waals surface area contributed by atoms with E-state index in [9.17, 15) is 4.79 Å². The minimum atomic E-state index is -0.464. The van der Waals surface area contributed by atoms with Crippen molar-refractivity contribution in [2.75, 3.05) is 33.3 Å². The third-order valence-electron chi connectivity index (χ3n) is 7.77. The SMILES string of the molecule is COc1ccccc1C1(C(=O)N2CCN(Cc3cncn3Cc3ccc(C#N)cc3)CC2)CCCC1.Cl.Cl. The molecule has 5 rings (SSSR count). The first-order valence-electron chi connectivity index (χ1n) is 12.8. The van der Waals surface area contributed by atoms with Gasteiger partial charge in [-0.05, 0) is 36.6 Å². The van der Waals surface area contributed by atoms with Crippen LogP contribution < -0.4 is 4.74 Å². The summed E-state index contributed by atoms with van der Waals surface area (Å²) in [4.78, 5) is 22.8. The Morgan fingerprint density at radius 1 is 1.00 bits per heavy atom. The summed E-state index contributed by atoms with van der Waals surface area (Å²) in [5.41, 5.74) is 3.54. The van der Waals surface area contributed by atoms with E-state index in [0.29, 0.717) is 5.56 Å². The van der Waals surface area contributed by atoms with E-state index in [2.05, 4.69) is 31.5 Å². The molecule has 38 heavy (non-hydrogen) atoms. The summed E-state index contributed by atoms with van der Waals surface area (Å²) in [6.45, 7) is 4.68. The van der Waals surface area contributed by atoms with E-state index in [4.69, 9.17) is 10.00 Å². The molecule has 3 aromatic rings. The first-order valence-corrected chi connectivity index (χ1v) is 12.8. The van der Waals surface area contributed by atoms with Gasteiger partial charge in [0.1, 0.15) is 5.75 Å². The number of amides is 1. The van der Waals surface area contributed by atoms with Crippen LogP contribution in [0, 0.1) is 11.3 Å². The molecule has 9 heteroatoms. The van der Waals surface area contributed by atoms with Crippen molar-refractivity contribution in [2.45, 2.75) is 44.2 Å². The van der Waals surface area contributed by atoms with Crippen LogP contribution in [0.15, 0.2) is 61.1 Å². The highest BCUT2D eigenvalue weighted by Crippen LogP contribution is 2.46. The summed E-state index contributed by atoms with van der Waals surface area (Å²) in [5.74, 6) is 1.08. The van der Waals surface area contributed by atoms with Gasteiger partial charge in [0.2, 0.25) is 5.91 Å². The lowest BCUT2D eigenvalue weighted by atomic mass is 9.76. The van der Waals surface area contributed by atoms with E-state index in [1.807, 2.05) is 55.0 Å². The summed E-state index contributed by atoms with van der Waals surface area (Å²) in [7, 11) is 1.69. The molecule has 7 nitrogen and oxygen atoms in total. The molecule has 2 heterocycles. The van der Waals surface area contributed by atoms with Crippen LogP contribution in [0.25, 0.3) is 0 Å². The molecule has 1 aliphatic carbocycles. The van der Waals surface area contributed by atoms with Gasteiger partial charge in [0.05, 0.1) is 36.2 Å². The molecule has 0 atom stereocenters. The van der Waals surface area contributed by atoms with Crippen molar-refractivity contribution in [2.24, 2.45) is 0 Å². The molecule has 2 aliphatic rings. The third-order valence-corrected chi connectivity index (χ3v) is 7.77. The maximum atomic E-state index is 13.9. The number of hydrogen-bond acceptors (Lipinski definition) is 5. The molecule has 2 aromatic carbocycles. The van der Waals surface area contributed by atoms with Gasteiger partial charge in [-0.25, -0.2) is 4.98 Å². The number of piperazine rings is 1. The minimum absolute atomic E-state index is 0. The van der Waals surface area contributed by atoms with Crippen molar-refractivity contribution >= 4 is 30.7 Å². The fourth-order valence-electron chi connectivity index (χ4n) is 5.76. The van der Waals surface area contributed by atoms with Gasteiger partial charge in [0.15, 0.2) is 0 Å². The summed E-state index contributed by atoms with van der Waals surface area (Å²) in [6, 6.07) is 17.9. The molecule has 2 fully saturated rings. The van der Waals surface area contributed by atoms with Crippen LogP contribution in [0.5, 0.6) is 5.75 Å². The van der Waals surface area contributed by atoms with E-state index in [1.54, 1.807) is 7.11 Å². The molecule has 0 unspecified atom stereocenters. The smallest absolute Gasteiger partial charge is 0.233 e. The van der Waals surface area contributed by atoms with Gasteiger partial charge in [-0.2, -0.15) is 5.26 Å². The molecule has 0 spiro atoms. The topological polar surface area (TPSA) is 74.4 Å². The lowest BCUT2D eigenvalue weighted by Crippen LogP contribution is -2.53. The van der Waals surface area contributed by atoms with Crippen LogP contribution >= 0.6 is 24.8 Å². The predicted octanol–water partition coefficient (Wildman–Crippen LogP) is 4.81. The number of ether oxygens (including phenoxy) is 1. The van der Waals surface area contributed by atoms with E-state index < -0.39 is 5.41 Å². The van der Waals surface area contributed by atoms with Crippen LogP contribution in [0.1, 0.15) is 48.1 Å². The number of nitriles is 1. The van der Waals surface area contributed by atoms with E-state index in [1.165, 1.54) is 0 Å². The van der Waals surface area contributed by atoms with Gasteiger partial charge in [0, 0.05) is 51.0 Å². The highest BCUT2D eigenvalue weighted by atomic mass is 35.5. The Morgan fingerprint density at radius 2 is 1.68 bits per heavy atom. The molecule has 1 saturated carbocycles. The fourth-order valence-corrected chi connectivity index (χ4v) is 5.76. The van der Waals surface area contributed by atoms with Crippen molar-refractivity contribution < 1.29 is 9.53 Å². The fraction of sp³-hybridized carbons (Fsp3) is 0.414. The number of nitrogens with zero attached hydrogens (tertiary/aromatic N) is 5. The normalized spacial score (nSPS) is 16.7. The zero-order chi connectivity index (χ0) is 25.0. The van der Waals surface area contributed by atoms with Gasteiger partial charge in [-0.15, -0.1) is 24.8 Å². The number of carbonyl (C=O) groups is 1. The maximum absolute atomic E-state index is 13.9. The van der Waals surface area contributed by atoms with Crippen LogP contribution in [0.2, 0.25) is 0 Å². The zero-order valence-electron chi connectivity index (χ0n) is 21.7. The van der Waals surface area contributed by atoms with E-state index in [0.717, 1.165) is 87.5 Å². The van der Waals surface area contributed by atoms with E-state index >= 15 is 0 Å². The highest BCUT2D eigenvalue weighted by molar-refractivity contribution is 5.89. The molecule has 202 valence electrons. The standard InChI is InChI=1S/C29H33N5O2.2ClH/c1-36-27-7-3-2-6-26(27)29(12-4-5-13-29)28(35)33-16-14-32(15-17-33)21-25-19-31-22-34(25)20-24-10-8-23(18-30)9-11-24;;/h2-3,6-11,19,22H,4-5,12-17,20-21H2,1H3;2*1H. The molecule has 0 radical (unpaired) electrons. The Hall–Kier alpha value is -3.05. The molecule has 1 aromatic heterocycles. The number of para-hydroxylation sites is 1. The first-order chi connectivity index (χ1) is 17.6. The maximum Gasteiger partial charge on any atom is 0.233 e. The third kappa shape index (κ3) is 5.99. The second-order valence-corrected chi connectivity index (χ2v) is 9.88. The predicted molar refractivity (Wildman–Crippen MR) is 152 cm³/mol. The number of carbonyl (C=O) groups excluding carboxylic acids is 1. The molecule has 1 aliphatic heterocycles. The average Bonchev–Trinajstić information content (AvgIpc) is 3.60. The van der Waals surface area contributed by atoms with E-state index in [-0.39, 0.29) is 30.7 Å². The molecule has 0 bridgehead atoms. The van der Waals surface area contributed by atoms with Gasteiger partial charge < -0.3 is 14.2 Å². The number of rotatable bonds is 7. The van der Waals surface area contributed by atoms with Crippen molar-refractivity contribution in [3.05, 3.63) is 83.4 Å². The molecular formula is C29H35Cl2N5O2. The summed E-state index contributed by atoms with van der Waals surface area (Å²) >= 11 is 0. The molecule has 1 saturated heterocycles. The molecular weight excluding hydrogens is 521 g/mol.